The second-order valence-corrected chi connectivity index (χ2v) is 6.17. The predicted molar refractivity (Wildman–Crippen MR) is 97.2 cm³/mol. The van der Waals surface area contributed by atoms with Crippen molar-refractivity contribution in [3.63, 3.8) is 0 Å². The first-order valence-electron chi connectivity index (χ1n) is 7.91. The molecule has 2 aromatic rings. The third-order valence-corrected chi connectivity index (χ3v) is 4.24. The number of aliphatic hydroxyl groups excluding tert-OH is 1. The summed E-state index contributed by atoms with van der Waals surface area (Å²) in [6.07, 6.45) is -0.679. The van der Waals surface area contributed by atoms with Gasteiger partial charge in [0.2, 0.25) is 0 Å². The number of hydrogen-bond acceptors (Lipinski definition) is 4. The van der Waals surface area contributed by atoms with Gasteiger partial charge < -0.3 is 19.9 Å². The maximum Gasteiger partial charge on any atom is 0.124 e. The standard InChI is InChI=1S/C19H24ClNO3/c1-13(14-5-4-6-15(20)9-14)11-21-12-18(22)17-10-16(23-2)7-8-19(17)24-3/h4-10,13,18,21-22H,11-12H2,1-3H3/t13-,18-/m0/s1. The smallest absolute Gasteiger partial charge is 0.124 e. The van der Waals surface area contributed by atoms with Crippen LogP contribution < -0.4 is 14.8 Å². The van der Waals surface area contributed by atoms with E-state index in [4.69, 9.17) is 21.1 Å². The molecular weight excluding hydrogens is 326 g/mol. The van der Waals surface area contributed by atoms with Crippen molar-refractivity contribution in [1.82, 2.24) is 5.32 Å². The van der Waals surface area contributed by atoms with Gasteiger partial charge in [-0.2, -0.15) is 0 Å². The van der Waals surface area contributed by atoms with Gasteiger partial charge in [0.15, 0.2) is 0 Å². The fourth-order valence-corrected chi connectivity index (χ4v) is 2.78. The van der Waals surface area contributed by atoms with Gasteiger partial charge in [-0.05, 0) is 41.8 Å². The fraction of sp³-hybridized carbons (Fsp3) is 0.368. The van der Waals surface area contributed by atoms with Crippen LogP contribution >= 0.6 is 11.6 Å². The molecule has 0 bridgehead atoms. The largest absolute Gasteiger partial charge is 0.497 e. The Morgan fingerprint density at radius 1 is 1.08 bits per heavy atom. The highest BCUT2D eigenvalue weighted by Crippen LogP contribution is 2.29. The third kappa shape index (κ3) is 4.87. The first-order chi connectivity index (χ1) is 11.5. The van der Waals surface area contributed by atoms with Gasteiger partial charge in [-0.1, -0.05) is 30.7 Å². The quantitative estimate of drug-likeness (QED) is 0.761. The Bertz CT molecular complexity index is 663. The predicted octanol–water partition coefficient (Wildman–Crippen LogP) is 3.78. The first-order valence-corrected chi connectivity index (χ1v) is 8.29. The Balaban J connectivity index is 1.94. The van der Waals surface area contributed by atoms with E-state index in [1.54, 1.807) is 26.4 Å². The van der Waals surface area contributed by atoms with Crippen molar-refractivity contribution in [3.8, 4) is 11.5 Å². The van der Waals surface area contributed by atoms with Crippen LogP contribution in [0.5, 0.6) is 11.5 Å². The van der Waals surface area contributed by atoms with Crippen molar-refractivity contribution < 1.29 is 14.6 Å². The van der Waals surface area contributed by atoms with Crippen LogP contribution in [0.3, 0.4) is 0 Å². The zero-order valence-corrected chi connectivity index (χ0v) is 15.0. The van der Waals surface area contributed by atoms with Crippen LogP contribution in [0, 0.1) is 0 Å². The summed E-state index contributed by atoms with van der Waals surface area (Å²) in [6.45, 7) is 3.29. The van der Waals surface area contributed by atoms with E-state index in [-0.39, 0.29) is 0 Å². The number of nitrogens with one attached hydrogen (secondary N) is 1. The van der Waals surface area contributed by atoms with E-state index in [2.05, 4.69) is 18.3 Å². The SMILES string of the molecule is COc1ccc(OC)c([C@@H](O)CNC[C@H](C)c2cccc(Cl)c2)c1. The summed E-state index contributed by atoms with van der Waals surface area (Å²) in [7, 11) is 3.19. The number of rotatable bonds is 8. The maximum atomic E-state index is 10.5. The maximum absolute atomic E-state index is 10.5. The third-order valence-electron chi connectivity index (χ3n) is 4.00. The minimum absolute atomic E-state index is 0.295. The molecule has 0 unspecified atom stereocenters. The van der Waals surface area contributed by atoms with Crippen LogP contribution in [0.4, 0.5) is 0 Å². The van der Waals surface area contributed by atoms with Gasteiger partial charge in [0.1, 0.15) is 11.5 Å². The van der Waals surface area contributed by atoms with Crippen molar-refractivity contribution in [3.05, 3.63) is 58.6 Å². The highest BCUT2D eigenvalue weighted by Gasteiger charge is 2.15. The Kier molecular flexibility index (Phi) is 6.91. The highest BCUT2D eigenvalue weighted by molar-refractivity contribution is 6.30. The number of hydrogen-bond donors (Lipinski definition) is 2. The van der Waals surface area contributed by atoms with E-state index in [0.29, 0.717) is 29.5 Å². The first kappa shape index (κ1) is 18.6. The molecule has 24 heavy (non-hydrogen) atoms. The Morgan fingerprint density at radius 2 is 1.88 bits per heavy atom. The van der Waals surface area contributed by atoms with Crippen LogP contribution in [-0.4, -0.2) is 32.4 Å². The molecule has 0 radical (unpaired) electrons. The monoisotopic (exact) mass is 349 g/mol. The Hall–Kier alpha value is -1.75. The van der Waals surface area contributed by atoms with Gasteiger partial charge in [-0.25, -0.2) is 0 Å². The van der Waals surface area contributed by atoms with Gasteiger partial charge in [-0.3, -0.25) is 0 Å². The molecule has 5 heteroatoms. The summed E-state index contributed by atoms with van der Waals surface area (Å²) in [6, 6.07) is 13.2. The summed E-state index contributed by atoms with van der Waals surface area (Å²) >= 11 is 6.03. The lowest BCUT2D eigenvalue weighted by molar-refractivity contribution is 0.169. The molecule has 0 heterocycles. The number of halogens is 1. The summed E-state index contributed by atoms with van der Waals surface area (Å²) < 4.78 is 10.5. The van der Waals surface area contributed by atoms with Crippen molar-refractivity contribution >= 4 is 11.6 Å². The lowest BCUT2D eigenvalue weighted by Gasteiger charge is -2.18. The van der Waals surface area contributed by atoms with Crippen molar-refractivity contribution in [2.24, 2.45) is 0 Å². The Morgan fingerprint density at radius 3 is 2.54 bits per heavy atom. The molecule has 2 atom stereocenters. The molecule has 4 nitrogen and oxygen atoms in total. The molecule has 0 aliphatic carbocycles. The molecule has 0 saturated carbocycles. The molecule has 2 rings (SSSR count). The minimum Gasteiger partial charge on any atom is -0.497 e. The van der Waals surface area contributed by atoms with Crippen LogP contribution in [0.2, 0.25) is 5.02 Å². The molecule has 0 aliphatic rings. The second kappa shape index (κ2) is 8.92. The van der Waals surface area contributed by atoms with E-state index >= 15 is 0 Å². The molecule has 0 aromatic heterocycles. The van der Waals surface area contributed by atoms with Gasteiger partial charge >= 0.3 is 0 Å². The van der Waals surface area contributed by atoms with E-state index in [0.717, 1.165) is 11.6 Å². The molecule has 0 amide bonds. The zero-order chi connectivity index (χ0) is 17.5. The van der Waals surface area contributed by atoms with Crippen LogP contribution in [-0.2, 0) is 0 Å². The molecule has 0 saturated heterocycles. The van der Waals surface area contributed by atoms with E-state index in [1.807, 2.05) is 24.3 Å². The molecule has 2 aromatic carbocycles. The second-order valence-electron chi connectivity index (χ2n) is 5.74. The van der Waals surface area contributed by atoms with E-state index in [9.17, 15) is 5.11 Å². The minimum atomic E-state index is -0.679. The molecular formula is C19H24ClNO3. The van der Waals surface area contributed by atoms with Crippen LogP contribution in [0.25, 0.3) is 0 Å². The molecule has 130 valence electrons. The topological polar surface area (TPSA) is 50.7 Å². The highest BCUT2D eigenvalue weighted by atomic mass is 35.5. The van der Waals surface area contributed by atoms with Crippen molar-refractivity contribution in [1.29, 1.82) is 0 Å². The Labute approximate surface area is 148 Å². The van der Waals surface area contributed by atoms with Crippen molar-refractivity contribution in [2.45, 2.75) is 18.9 Å². The van der Waals surface area contributed by atoms with Crippen LogP contribution in [0.1, 0.15) is 30.1 Å². The van der Waals surface area contributed by atoms with E-state index in [1.165, 1.54) is 5.56 Å². The summed E-state index contributed by atoms with van der Waals surface area (Å²) in [4.78, 5) is 0. The lowest BCUT2D eigenvalue weighted by Crippen LogP contribution is -2.25. The molecule has 0 spiro atoms. The fourth-order valence-electron chi connectivity index (χ4n) is 2.58. The average molecular weight is 350 g/mol. The van der Waals surface area contributed by atoms with Gasteiger partial charge in [0, 0.05) is 23.7 Å². The molecule has 0 fully saturated rings. The summed E-state index contributed by atoms with van der Waals surface area (Å²) in [5.41, 5.74) is 1.88. The van der Waals surface area contributed by atoms with Crippen LogP contribution in [0.15, 0.2) is 42.5 Å². The number of benzene rings is 2. The lowest BCUT2D eigenvalue weighted by atomic mass is 10.0. The number of methoxy groups -OCH3 is 2. The number of aliphatic hydroxyl groups is 1. The average Bonchev–Trinajstić information content (AvgIpc) is 2.60. The van der Waals surface area contributed by atoms with Gasteiger partial charge in [-0.15, -0.1) is 0 Å². The van der Waals surface area contributed by atoms with Gasteiger partial charge in [0.25, 0.3) is 0 Å². The van der Waals surface area contributed by atoms with E-state index < -0.39 is 6.10 Å². The number of ether oxygens (including phenoxy) is 2. The normalized spacial score (nSPS) is 13.4. The molecule has 2 N–H and O–H groups in total. The zero-order valence-electron chi connectivity index (χ0n) is 14.3. The summed E-state index contributed by atoms with van der Waals surface area (Å²) in [5, 5.41) is 14.5. The molecule has 0 aliphatic heterocycles. The van der Waals surface area contributed by atoms with Crippen molar-refractivity contribution in [2.75, 3.05) is 27.3 Å². The van der Waals surface area contributed by atoms with Gasteiger partial charge in [0.05, 0.1) is 20.3 Å². The summed E-state index contributed by atoms with van der Waals surface area (Å²) in [5.74, 6) is 1.63.